The molecule has 1 aromatic carbocycles. The van der Waals surface area contributed by atoms with Crippen molar-refractivity contribution in [2.24, 2.45) is 0 Å². The Morgan fingerprint density at radius 2 is 1.92 bits per heavy atom. The smallest absolute Gasteiger partial charge is 0.440 e. The van der Waals surface area contributed by atoms with Crippen molar-refractivity contribution in [1.29, 1.82) is 0 Å². The van der Waals surface area contributed by atoms with Crippen molar-refractivity contribution in [2.45, 2.75) is 0 Å². The number of hydrogen-bond acceptors (Lipinski definition) is 2. The summed E-state index contributed by atoms with van der Waals surface area (Å²) in [6, 6.07) is 5.07. The predicted molar refractivity (Wildman–Crippen MR) is 43.4 cm³/mol. The van der Waals surface area contributed by atoms with E-state index < -0.39 is 11.2 Å². The Kier molecular flexibility index (Phi) is 2.59. The molecule has 0 heterocycles. The lowest BCUT2D eigenvalue weighted by atomic mass is 10.2. The summed E-state index contributed by atoms with van der Waals surface area (Å²) in [4.78, 5) is 20.3. The molecule has 0 spiro atoms. The minimum absolute atomic E-state index is 0.127. The number of hydrogen-bond donors (Lipinski definition) is 1. The van der Waals surface area contributed by atoms with Gasteiger partial charge in [-0.05, 0) is 24.3 Å². The van der Waals surface area contributed by atoms with Gasteiger partial charge in [-0.1, -0.05) is 4.48 Å². The van der Waals surface area contributed by atoms with E-state index in [9.17, 15) is 14.1 Å². The van der Waals surface area contributed by atoms with Gasteiger partial charge in [-0.25, -0.2) is 4.79 Å². The molecular weight excluding hydrogens is 177 g/mol. The molecule has 0 atom stereocenters. The normalized spacial score (nSPS) is 9.31. The van der Waals surface area contributed by atoms with Gasteiger partial charge in [0.1, 0.15) is 6.29 Å². The summed E-state index contributed by atoms with van der Waals surface area (Å²) in [7, 11) is 0. The molecule has 13 heavy (non-hydrogen) atoms. The van der Waals surface area contributed by atoms with Crippen molar-refractivity contribution < 1.29 is 19.2 Å². The second-order valence-corrected chi connectivity index (χ2v) is 2.27. The monoisotopic (exact) mass is 183 g/mol. The highest BCUT2D eigenvalue weighted by molar-refractivity contribution is 5.84. The molecule has 4 nitrogen and oxygen atoms in total. The van der Waals surface area contributed by atoms with Crippen LogP contribution >= 0.6 is 0 Å². The first-order valence-electron chi connectivity index (χ1n) is 3.39. The van der Waals surface area contributed by atoms with Gasteiger partial charge >= 0.3 is 6.09 Å². The van der Waals surface area contributed by atoms with E-state index in [1.807, 2.05) is 0 Å². The number of aldehydes is 1. The van der Waals surface area contributed by atoms with Crippen LogP contribution in [0.3, 0.4) is 0 Å². The molecule has 68 valence electrons. The van der Waals surface area contributed by atoms with E-state index in [0.29, 0.717) is 11.8 Å². The van der Waals surface area contributed by atoms with Crippen LogP contribution in [0.1, 0.15) is 10.4 Å². The van der Waals surface area contributed by atoms with Gasteiger partial charge in [0, 0.05) is 5.56 Å². The molecule has 0 aliphatic rings. The van der Waals surface area contributed by atoms with Gasteiger partial charge in [0.05, 0.1) is 5.69 Å². The molecule has 1 amide bonds. The van der Waals surface area contributed by atoms with Gasteiger partial charge in [-0.3, -0.25) is 4.79 Å². The van der Waals surface area contributed by atoms with Crippen LogP contribution in [-0.2, 0) is 0 Å². The predicted octanol–water partition coefficient (Wildman–Crippen LogP) is 1.87. The number of carbonyl (C=O) groups excluding carboxylic acids is 1. The van der Waals surface area contributed by atoms with Gasteiger partial charge < -0.3 is 5.11 Å². The molecule has 1 rings (SSSR count). The lowest BCUT2D eigenvalue weighted by Gasteiger charge is -2.06. The van der Waals surface area contributed by atoms with Crippen LogP contribution in [0.5, 0.6) is 0 Å². The first kappa shape index (κ1) is 9.18. The van der Waals surface area contributed by atoms with E-state index in [-0.39, 0.29) is 5.69 Å². The zero-order valence-electron chi connectivity index (χ0n) is 6.48. The summed E-state index contributed by atoms with van der Waals surface area (Å²) in [5.74, 6) is 0. The number of amides is 1. The van der Waals surface area contributed by atoms with E-state index in [2.05, 4.69) is 0 Å². The molecular formula is C8H6FNO3. The van der Waals surface area contributed by atoms with Crippen molar-refractivity contribution in [3.05, 3.63) is 29.8 Å². The molecule has 0 aliphatic carbocycles. The maximum Gasteiger partial charge on any atom is 0.440 e. The molecule has 0 aliphatic heterocycles. The molecule has 1 N–H and O–H groups in total. The molecule has 1 aromatic rings. The van der Waals surface area contributed by atoms with E-state index in [1.54, 1.807) is 0 Å². The number of carbonyl (C=O) groups is 2. The average Bonchev–Trinajstić information content (AvgIpc) is 2.17. The van der Waals surface area contributed by atoms with Crippen LogP contribution < -0.4 is 5.12 Å². The Hall–Kier alpha value is -1.91. The third-order valence-corrected chi connectivity index (χ3v) is 1.42. The van der Waals surface area contributed by atoms with E-state index >= 15 is 0 Å². The fraction of sp³-hybridized carbons (Fsp3) is 0. The Morgan fingerprint density at radius 1 is 1.38 bits per heavy atom. The van der Waals surface area contributed by atoms with Crippen LogP contribution in [0.25, 0.3) is 0 Å². The van der Waals surface area contributed by atoms with Crippen LogP contribution in [0.4, 0.5) is 15.0 Å². The Balaban J connectivity index is 2.91. The van der Waals surface area contributed by atoms with Crippen LogP contribution in [-0.4, -0.2) is 17.5 Å². The Labute approximate surface area is 73.1 Å². The average molecular weight is 183 g/mol. The second kappa shape index (κ2) is 3.66. The minimum Gasteiger partial charge on any atom is -0.463 e. The summed E-state index contributed by atoms with van der Waals surface area (Å²) in [5, 5.41) is 7.82. The first-order valence-corrected chi connectivity index (χ1v) is 3.39. The number of nitrogens with zero attached hydrogens (tertiary/aromatic N) is 1. The summed E-state index contributed by atoms with van der Waals surface area (Å²) >= 11 is 0. The Bertz CT molecular complexity index is 323. The third-order valence-electron chi connectivity index (χ3n) is 1.42. The third kappa shape index (κ3) is 2.02. The van der Waals surface area contributed by atoms with E-state index in [1.165, 1.54) is 24.3 Å². The number of rotatable bonds is 2. The van der Waals surface area contributed by atoms with Crippen molar-refractivity contribution >= 4 is 18.1 Å². The largest absolute Gasteiger partial charge is 0.463 e. The number of anilines is 1. The summed E-state index contributed by atoms with van der Waals surface area (Å²) < 4.78 is 12.6. The second-order valence-electron chi connectivity index (χ2n) is 2.27. The molecule has 0 radical (unpaired) electrons. The number of halogens is 1. The SMILES string of the molecule is O=Cc1ccc(N(F)C(=O)O)cc1. The molecule has 0 fully saturated rings. The maximum atomic E-state index is 12.6. The molecule has 0 unspecified atom stereocenters. The van der Waals surface area contributed by atoms with Gasteiger partial charge in [0.15, 0.2) is 0 Å². The summed E-state index contributed by atoms with van der Waals surface area (Å²) in [5.41, 5.74) is 0.237. The minimum atomic E-state index is -1.70. The van der Waals surface area contributed by atoms with E-state index in [4.69, 9.17) is 5.11 Å². The maximum absolute atomic E-state index is 12.6. The molecule has 0 saturated carbocycles. The topological polar surface area (TPSA) is 57.6 Å². The highest BCUT2D eigenvalue weighted by Crippen LogP contribution is 2.14. The van der Waals surface area contributed by atoms with Gasteiger partial charge in [0.2, 0.25) is 0 Å². The quantitative estimate of drug-likeness (QED) is 0.562. The zero-order valence-corrected chi connectivity index (χ0v) is 6.48. The first-order chi connectivity index (χ1) is 6.15. The fourth-order valence-electron chi connectivity index (χ4n) is 0.794. The molecule has 5 heteroatoms. The highest BCUT2D eigenvalue weighted by atomic mass is 19.2. The molecule has 0 bridgehead atoms. The van der Waals surface area contributed by atoms with Gasteiger partial charge in [0.25, 0.3) is 0 Å². The fourth-order valence-corrected chi connectivity index (χ4v) is 0.794. The lowest BCUT2D eigenvalue weighted by molar-refractivity contribution is 0.112. The van der Waals surface area contributed by atoms with Crippen molar-refractivity contribution in [1.82, 2.24) is 0 Å². The molecule has 0 aromatic heterocycles. The Morgan fingerprint density at radius 3 is 2.31 bits per heavy atom. The summed E-state index contributed by atoms with van der Waals surface area (Å²) in [6.07, 6.45) is -1.11. The van der Waals surface area contributed by atoms with Gasteiger partial charge in [-0.15, -0.1) is 5.12 Å². The van der Waals surface area contributed by atoms with E-state index in [0.717, 1.165) is 0 Å². The standard InChI is InChI=1S/C8H6FNO3/c9-10(8(12)13)7-3-1-6(5-11)2-4-7/h1-5H,(H,12,13). The number of benzene rings is 1. The van der Waals surface area contributed by atoms with Crippen LogP contribution in [0, 0.1) is 0 Å². The lowest BCUT2D eigenvalue weighted by Crippen LogP contribution is -2.18. The van der Waals surface area contributed by atoms with Crippen LogP contribution in [0.15, 0.2) is 24.3 Å². The van der Waals surface area contributed by atoms with Crippen molar-refractivity contribution in [3.8, 4) is 0 Å². The highest BCUT2D eigenvalue weighted by Gasteiger charge is 2.12. The summed E-state index contributed by atoms with van der Waals surface area (Å²) in [6.45, 7) is 0. The van der Waals surface area contributed by atoms with Crippen molar-refractivity contribution in [2.75, 3.05) is 5.12 Å². The van der Waals surface area contributed by atoms with Crippen molar-refractivity contribution in [3.63, 3.8) is 0 Å². The zero-order chi connectivity index (χ0) is 9.84. The van der Waals surface area contributed by atoms with Gasteiger partial charge in [-0.2, -0.15) is 0 Å². The number of carboxylic acid groups (broad SMARTS) is 1. The van der Waals surface area contributed by atoms with Crippen LogP contribution in [0.2, 0.25) is 0 Å². The molecule has 0 saturated heterocycles.